The Labute approximate surface area is 130 Å². The molecule has 1 aromatic rings. The second-order valence-electron chi connectivity index (χ2n) is 4.74. The van der Waals surface area contributed by atoms with Crippen LogP contribution in [-0.4, -0.2) is 51.0 Å². The quantitative estimate of drug-likeness (QED) is 0.734. The average Bonchev–Trinajstić information content (AvgIpc) is 2.89. The fourth-order valence-electron chi connectivity index (χ4n) is 2.31. The van der Waals surface area contributed by atoms with Gasteiger partial charge in [-0.1, -0.05) is 6.07 Å². The van der Waals surface area contributed by atoms with Crippen molar-refractivity contribution in [3.63, 3.8) is 0 Å². The molecule has 0 aliphatic carbocycles. The lowest BCUT2D eigenvalue weighted by Crippen LogP contribution is -2.34. The monoisotopic (exact) mass is 316 g/mol. The first-order valence-corrected chi connectivity index (χ1v) is 6.55. The third-order valence-electron chi connectivity index (χ3n) is 3.48. The van der Waals surface area contributed by atoms with Crippen molar-refractivity contribution in [2.75, 3.05) is 33.9 Å². The second-order valence-corrected chi connectivity index (χ2v) is 4.74. The van der Waals surface area contributed by atoms with E-state index in [1.54, 1.807) is 18.2 Å². The molecular weight excluding hydrogens is 296 g/mol. The molecule has 0 aromatic heterocycles. The Hall–Kier alpha value is -1.50. The van der Waals surface area contributed by atoms with E-state index < -0.39 is 6.10 Å². The number of aliphatic hydroxyl groups is 1. The van der Waals surface area contributed by atoms with Crippen LogP contribution in [0.2, 0.25) is 0 Å². The molecule has 1 aliphatic heterocycles. The molecule has 7 heteroatoms. The molecule has 2 rings (SSSR count). The van der Waals surface area contributed by atoms with Crippen LogP contribution in [0.5, 0.6) is 11.5 Å². The molecule has 21 heavy (non-hydrogen) atoms. The van der Waals surface area contributed by atoms with Gasteiger partial charge in [0.25, 0.3) is 5.91 Å². The number of benzene rings is 1. The zero-order valence-corrected chi connectivity index (χ0v) is 12.9. The van der Waals surface area contributed by atoms with Crippen LogP contribution in [0.15, 0.2) is 18.2 Å². The second kappa shape index (κ2) is 8.07. The summed E-state index contributed by atoms with van der Waals surface area (Å²) in [4.78, 5) is 12.2. The molecule has 1 aromatic carbocycles. The molecule has 0 radical (unpaired) electrons. The van der Waals surface area contributed by atoms with Crippen LogP contribution in [-0.2, 0) is 0 Å². The van der Waals surface area contributed by atoms with Crippen LogP contribution < -0.4 is 20.1 Å². The molecule has 0 bridgehead atoms. The van der Waals surface area contributed by atoms with Crippen molar-refractivity contribution in [1.29, 1.82) is 0 Å². The van der Waals surface area contributed by atoms with E-state index in [-0.39, 0.29) is 24.2 Å². The molecule has 1 heterocycles. The summed E-state index contributed by atoms with van der Waals surface area (Å²) in [7, 11) is 3.03. The molecular formula is C14H21ClN2O4. The maximum atomic E-state index is 12.2. The molecule has 6 nitrogen and oxygen atoms in total. The molecule has 118 valence electrons. The zero-order valence-electron chi connectivity index (χ0n) is 12.1. The predicted octanol–water partition coefficient (Wildman–Crippen LogP) is 0.436. The summed E-state index contributed by atoms with van der Waals surface area (Å²) in [6, 6.07) is 5.16. The predicted molar refractivity (Wildman–Crippen MR) is 81.5 cm³/mol. The molecule has 1 amide bonds. The number of β-amino-alcohol motifs (C(OH)–C–C–N with tert-alkyl or cyclic N) is 1. The lowest BCUT2D eigenvalue weighted by Gasteiger charge is -2.16. The minimum atomic E-state index is -0.414. The number of amides is 1. The molecule has 2 atom stereocenters. The molecule has 3 N–H and O–H groups in total. The van der Waals surface area contributed by atoms with Gasteiger partial charge in [-0.15, -0.1) is 12.4 Å². The van der Waals surface area contributed by atoms with Crippen LogP contribution in [0.3, 0.4) is 0 Å². The summed E-state index contributed by atoms with van der Waals surface area (Å²) in [5.41, 5.74) is 0.423. The SMILES string of the molecule is COc1cccc(C(=O)NCC2CNCC2O)c1OC.Cl. The van der Waals surface area contributed by atoms with E-state index >= 15 is 0 Å². The summed E-state index contributed by atoms with van der Waals surface area (Å²) < 4.78 is 10.4. The number of hydrogen-bond donors (Lipinski definition) is 3. The van der Waals surface area contributed by atoms with E-state index in [1.165, 1.54) is 14.2 Å². The van der Waals surface area contributed by atoms with Crippen molar-refractivity contribution >= 4 is 18.3 Å². The Morgan fingerprint density at radius 1 is 1.38 bits per heavy atom. The van der Waals surface area contributed by atoms with Gasteiger partial charge in [-0.3, -0.25) is 4.79 Å². The third-order valence-corrected chi connectivity index (χ3v) is 3.48. The molecule has 0 saturated carbocycles. The number of rotatable bonds is 5. The van der Waals surface area contributed by atoms with Crippen molar-refractivity contribution in [2.45, 2.75) is 6.10 Å². The lowest BCUT2D eigenvalue weighted by atomic mass is 10.1. The topological polar surface area (TPSA) is 79.8 Å². The minimum absolute atomic E-state index is 0. The summed E-state index contributed by atoms with van der Waals surface area (Å²) in [5, 5.41) is 15.6. The van der Waals surface area contributed by atoms with E-state index in [1.807, 2.05) is 0 Å². The first kappa shape index (κ1) is 17.6. The van der Waals surface area contributed by atoms with E-state index in [2.05, 4.69) is 10.6 Å². The fourth-order valence-corrected chi connectivity index (χ4v) is 2.31. The standard InChI is InChI=1S/C14H20N2O4.ClH/c1-19-12-5-3-4-10(13(12)20-2)14(18)16-7-9-6-15-8-11(9)17;/h3-5,9,11,15,17H,6-8H2,1-2H3,(H,16,18);1H. The zero-order chi connectivity index (χ0) is 14.5. The summed E-state index contributed by atoms with van der Waals surface area (Å²) in [6.07, 6.45) is -0.414. The van der Waals surface area contributed by atoms with Gasteiger partial charge >= 0.3 is 0 Å². The number of ether oxygens (including phenoxy) is 2. The van der Waals surface area contributed by atoms with Gasteiger partial charge in [0.2, 0.25) is 0 Å². The van der Waals surface area contributed by atoms with E-state index in [4.69, 9.17) is 9.47 Å². The van der Waals surface area contributed by atoms with E-state index in [9.17, 15) is 9.90 Å². The lowest BCUT2D eigenvalue weighted by molar-refractivity contribution is 0.0923. The molecule has 1 saturated heterocycles. The average molecular weight is 317 g/mol. The van der Waals surface area contributed by atoms with Gasteiger partial charge in [0.15, 0.2) is 11.5 Å². The highest BCUT2D eigenvalue weighted by molar-refractivity contribution is 5.97. The van der Waals surface area contributed by atoms with Crippen molar-refractivity contribution in [3.8, 4) is 11.5 Å². The van der Waals surface area contributed by atoms with Crippen LogP contribution in [0.25, 0.3) is 0 Å². The summed E-state index contributed by atoms with van der Waals surface area (Å²) >= 11 is 0. The Morgan fingerprint density at radius 3 is 2.71 bits per heavy atom. The number of nitrogens with one attached hydrogen (secondary N) is 2. The Morgan fingerprint density at radius 2 is 2.14 bits per heavy atom. The molecule has 0 spiro atoms. The number of halogens is 1. The van der Waals surface area contributed by atoms with Crippen molar-refractivity contribution in [1.82, 2.24) is 10.6 Å². The van der Waals surface area contributed by atoms with Gasteiger partial charge in [0.1, 0.15) is 0 Å². The Bertz CT molecular complexity index is 484. The number of carbonyl (C=O) groups excluding carboxylic acids is 1. The first-order chi connectivity index (χ1) is 9.67. The number of hydrogen-bond acceptors (Lipinski definition) is 5. The number of aliphatic hydroxyl groups excluding tert-OH is 1. The van der Waals surface area contributed by atoms with Gasteiger partial charge in [-0.2, -0.15) is 0 Å². The van der Waals surface area contributed by atoms with E-state index in [0.717, 1.165) is 0 Å². The third kappa shape index (κ3) is 4.00. The van der Waals surface area contributed by atoms with Gasteiger partial charge in [-0.25, -0.2) is 0 Å². The first-order valence-electron chi connectivity index (χ1n) is 6.55. The highest BCUT2D eigenvalue weighted by Crippen LogP contribution is 2.30. The van der Waals surface area contributed by atoms with Crippen LogP contribution in [0, 0.1) is 5.92 Å². The Kier molecular flexibility index (Phi) is 6.74. The van der Waals surface area contributed by atoms with Crippen molar-refractivity contribution in [3.05, 3.63) is 23.8 Å². The normalized spacial score (nSPS) is 20.5. The van der Waals surface area contributed by atoms with Crippen LogP contribution in [0.1, 0.15) is 10.4 Å². The van der Waals surface area contributed by atoms with Crippen LogP contribution >= 0.6 is 12.4 Å². The number of para-hydroxylation sites is 1. The fraction of sp³-hybridized carbons (Fsp3) is 0.500. The van der Waals surface area contributed by atoms with E-state index in [0.29, 0.717) is 36.7 Å². The Balaban J connectivity index is 0.00000220. The minimum Gasteiger partial charge on any atom is -0.493 e. The molecule has 1 aliphatic rings. The van der Waals surface area contributed by atoms with Gasteiger partial charge in [0.05, 0.1) is 25.9 Å². The largest absolute Gasteiger partial charge is 0.493 e. The highest BCUT2D eigenvalue weighted by Gasteiger charge is 2.25. The molecule has 1 fully saturated rings. The van der Waals surface area contributed by atoms with Gasteiger partial charge in [0, 0.05) is 25.6 Å². The van der Waals surface area contributed by atoms with Crippen molar-refractivity contribution < 1.29 is 19.4 Å². The smallest absolute Gasteiger partial charge is 0.255 e. The van der Waals surface area contributed by atoms with Crippen LogP contribution in [0.4, 0.5) is 0 Å². The number of methoxy groups -OCH3 is 2. The summed E-state index contributed by atoms with van der Waals surface area (Å²) in [5.74, 6) is 0.732. The summed E-state index contributed by atoms with van der Waals surface area (Å²) in [6.45, 7) is 1.70. The van der Waals surface area contributed by atoms with Crippen molar-refractivity contribution in [2.24, 2.45) is 5.92 Å². The highest BCUT2D eigenvalue weighted by atomic mass is 35.5. The maximum Gasteiger partial charge on any atom is 0.255 e. The molecule has 2 unspecified atom stereocenters. The maximum absolute atomic E-state index is 12.2. The number of carbonyl (C=O) groups is 1. The van der Waals surface area contributed by atoms with Gasteiger partial charge in [-0.05, 0) is 12.1 Å². The van der Waals surface area contributed by atoms with Gasteiger partial charge < -0.3 is 25.2 Å².